The van der Waals surface area contributed by atoms with Gasteiger partial charge in [0.1, 0.15) is 0 Å². The van der Waals surface area contributed by atoms with Gasteiger partial charge in [0.2, 0.25) is 5.91 Å². The Labute approximate surface area is 146 Å². The first-order chi connectivity index (χ1) is 11.5. The summed E-state index contributed by atoms with van der Waals surface area (Å²) in [6.45, 7) is 9.34. The number of piperidine rings is 1. The van der Waals surface area contributed by atoms with E-state index in [2.05, 4.69) is 0 Å². The minimum atomic E-state index is 0.168. The van der Waals surface area contributed by atoms with Crippen LogP contribution in [0.1, 0.15) is 46.0 Å². The first-order valence-electron chi connectivity index (χ1n) is 9.36. The maximum atomic E-state index is 12.5. The van der Waals surface area contributed by atoms with Crippen LogP contribution in [0.2, 0.25) is 0 Å². The molecule has 2 saturated heterocycles. The molecule has 2 aliphatic rings. The second kappa shape index (κ2) is 8.70. The summed E-state index contributed by atoms with van der Waals surface area (Å²) in [5.74, 6) is 0.255. The SMILES string of the molecule is CCN(CC)C(=O)N1CCC2(CCC(=O)N(CCOC)CC2)CC1. The molecule has 3 amide bonds. The summed E-state index contributed by atoms with van der Waals surface area (Å²) in [4.78, 5) is 30.6. The number of likely N-dealkylation sites (tertiary alicyclic amines) is 2. The third kappa shape index (κ3) is 4.41. The molecule has 0 aromatic carbocycles. The summed E-state index contributed by atoms with van der Waals surface area (Å²) in [6.07, 6.45) is 4.68. The van der Waals surface area contributed by atoms with E-state index in [1.54, 1.807) is 7.11 Å². The number of carbonyl (C=O) groups excluding carboxylic acids is 2. The van der Waals surface area contributed by atoms with Crippen LogP contribution in [0.4, 0.5) is 4.79 Å². The Morgan fingerprint density at radius 3 is 2.33 bits per heavy atom. The fourth-order valence-electron chi connectivity index (χ4n) is 3.96. The van der Waals surface area contributed by atoms with Gasteiger partial charge in [-0.3, -0.25) is 4.79 Å². The average Bonchev–Trinajstić information content (AvgIpc) is 2.75. The summed E-state index contributed by atoms with van der Waals surface area (Å²) in [7, 11) is 1.67. The predicted octanol–water partition coefficient (Wildman–Crippen LogP) is 2.19. The molecule has 0 aromatic heterocycles. The summed E-state index contributed by atoms with van der Waals surface area (Å²) < 4.78 is 5.11. The Balaban J connectivity index is 1.90. The number of hydrogen-bond donors (Lipinski definition) is 0. The van der Waals surface area contributed by atoms with Gasteiger partial charge in [-0.2, -0.15) is 0 Å². The van der Waals surface area contributed by atoms with Crippen LogP contribution in [-0.2, 0) is 9.53 Å². The molecule has 2 rings (SSSR count). The van der Waals surface area contributed by atoms with Crippen molar-refractivity contribution in [3.63, 3.8) is 0 Å². The Bertz CT molecular complexity index is 429. The number of hydrogen-bond acceptors (Lipinski definition) is 3. The predicted molar refractivity (Wildman–Crippen MR) is 93.9 cm³/mol. The normalized spacial score (nSPS) is 21.0. The van der Waals surface area contributed by atoms with Crippen LogP contribution >= 0.6 is 0 Å². The maximum Gasteiger partial charge on any atom is 0.319 e. The molecule has 2 heterocycles. The molecule has 6 nitrogen and oxygen atoms in total. The van der Waals surface area contributed by atoms with Gasteiger partial charge in [0, 0.05) is 52.8 Å². The van der Waals surface area contributed by atoms with E-state index in [-0.39, 0.29) is 17.4 Å². The van der Waals surface area contributed by atoms with Crippen LogP contribution in [0.25, 0.3) is 0 Å². The van der Waals surface area contributed by atoms with Crippen molar-refractivity contribution in [3.8, 4) is 0 Å². The van der Waals surface area contributed by atoms with Gasteiger partial charge in [0.05, 0.1) is 6.61 Å². The van der Waals surface area contributed by atoms with Gasteiger partial charge in [0.15, 0.2) is 0 Å². The number of methoxy groups -OCH3 is 1. The van der Waals surface area contributed by atoms with E-state index >= 15 is 0 Å². The van der Waals surface area contributed by atoms with Gasteiger partial charge in [-0.25, -0.2) is 4.79 Å². The molecule has 0 unspecified atom stereocenters. The van der Waals surface area contributed by atoms with E-state index in [1.165, 1.54) is 0 Å². The lowest BCUT2D eigenvalue weighted by atomic mass is 9.73. The van der Waals surface area contributed by atoms with Crippen molar-refractivity contribution in [2.75, 3.05) is 53.0 Å². The average molecular weight is 339 g/mol. The highest BCUT2D eigenvalue weighted by Crippen LogP contribution is 2.41. The van der Waals surface area contributed by atoms with Crippen molar-refractivity contribution in [1.29, 1.82) is 0 Å². The van der Waals surface area contributed by atoms with Crippen LogP contribution in [0.5, 0.6) is 0 Å². The topological polar surface area (TPSA) is 53.1 Å². The fraction of sp³-hybridized carbons (Fsp3) is 0.889. The van der Waals surface area contributed by atoms with E-state index in [0.29, 0.717) is 19.6 Å². The third-order valence-electron chi connectivity index (χ3n) is 5.83. The van der Waals surface area contributed by atoms with Crippen molar-refractivity contribution < 1.29 is 14.3 Å². The molecule has 0 aromatic rings. The lowest BCUT2D eigenvalue weighted by Gasteiger charge is -2.42. The van der Waals surface area contributed by atoms with Crippen molar-refractivity contribution in [1.82, 2.24) is 14.7 Å². The molecule has 6 heteroatoms. The van der Waals surface area contributed by atoms with Gasteiger partial charge >= 0.3 is 6.03 Å². The molecule has 0 atom stereocenters. The third-order valence-corrected chi connectivity index (χ3v) is 5.83. The zero-order chi connectivity index (χ0) is 17.6. The molecule has 2 fully saturated rings. The minimum Gasteiger partial charge on any atom is -0.383 e. The van der Waals surface area contributed by atoms with Crippen molar-refractivity contribution in [2.45, 2.75) is 46.0 Å². The van der Waals surface area contributed by atoms with Gasteiger partial charge in [-0.05, 0) is 44.9 Å². The highest BCUT2D eigenvalue weighted by Gasteiger charge is 2.39. The van der Waals surface area contributed by atoms with Gasteiger partial charge < -0.3 is 19.4 Å². The first-order valence-corrected chi connectivity index (χ1v) is 9.36. The van der Waals surface area contributed by atoms with Crippen LogP contribution in [0.3, 0.4) is 0 Å². The lowest BCUT2D eigenvalue weighted by molar-refractivity contribution is -0.131. The standard InChI is InChI=1S/C18H33N3O3/c1-4-19(5-2)17(23)21-12-9-18(10-13-21)7-6-16(22)20(11-8-18)14-15-24-3/h4-15H2,1-3H3. The highest BCUT2D eigenvalue weighted by atomic mass is 16.5. The molecule has 0 N–H and O–H groups in total. The second-order valence-corrected chi connectivity index (χ2v) is 7.07. The van der Waals surface area contributed by atoms with Gasteiger partial charge in [0.25, 0.3) is 0 Å². The Kier molecular flexibility index (Phi) is 6.90. The Morgan fingerprint density at radius 2 is 1.75 bits per heavy atom. The lowest BCUT2D eigenvalue weighted by Crippen LogP contribution is -2.49. The molecule has 138 valence electrons. The molecule has 0 radical (unpaired) electrons. The monoisotopic (exact) mass is 339 g/mol. The van der Waals surface area contributed by atoms with E-state index in [9.17, 15) is 9.59 Å². The molecule has 1 spiro atoms. The summed E-state index contributed by atoms with van der Waals surface area (Å²) in [5, 5.41) is 0. The van der Waals surface area contributed by atoms with Crippen LogP contribution in [-0.4, -0.2) is 79.6 Å². The number of amides is 3. The fourth-order valence-corrected chi connectivity index (χ4v) is 3.96. The molecule has 24 heavy (non-hydrogen) atoms. The van der Waals surface area contributed by atoms with Crippen LogP contribution < -0.4 is 0 Å². The van der Waals surface area contributed by atoms with E-state index < -0.39 is 0 Å². The Morgan fingerprint density at radius 1 is 1.12 bits per heavy atom. The van der Waals surface area contributed by atoms with E-state index in [1.807, 2.05) is 28.5 Å². The smallest absolute Gasteiger partial charge is 0.319 e. The van der Waals surface area contributed by atoms with E-state index in [0.717, 1.165) is 58.4 Å². The summed E-state index contributed by atoms with van der Waals surface area (Å²) >= 11 is 0. The number of carbonyl (C=O) groups is 2. The summed E-state index contributed by atoms with van der Waals surface area (Å²) in [5.41, 5.74) is 0.234. The minimum absolute atomic E-state index is 0.168. The maximum absolute atomic E-state index is 12.5. The van der Waals surface area contributed by atoms with Gasteiger partial charge in [-0.1, -0.05) is 0 Å². The zero-order valence-electron chi connectivity index (χ0n) is 15.6. The molecule has 2 aliphatic heterocycles. The first kappa shape index (κ1) is 19.0. The van der Waals surface area contributed by atoms with Crippen LogP contribution in [0.15, 0.2) is 0 Å². The van der Waals surface area contributed by atoms with Gasteiger partial charge in [-0.15, -0.1) is 0 Å². The highest BCUT2D eigenvalue weighted by molar-refractivity contribution is 5.76. The van der Waals surface area contributed by atoms with Crippen LogP contribution in [0, 0.1) is 5.41 Å². The number of rotatable bonds is 5. The molecular weight excluding hydrogens is 306 g/mol. The number of nitrogens with zero attached hydrogens (tertiary/aromatic N) is 3. The zero-order valence-corrected chi connectivity index (χ0v) is 15.6. The quantitative estimate of drug-likeness (QED) is 0.771. The molecule has 0 bridgehead atoms. The van der Waals surface area contributed by atoms with Crippen molar-refractivity contribution in [3.05, 3.63) is 0 Å². The second-order valence-electron chi connectivity index (χ2n) is 7.07. The van der Waals surface area contributed by atoms with Crippen molar-refractivity contribution in [2.24, 2.45) is 5.41 Å². The molecule has 0 aliphatic carbocycles. The molecule has 0 saturated carbocycles. The number of ether oxygens (including phenoxy) is 1. The molecular formula is C18H33N3O3. The van der Waals surface area contributed by atoms with Crippen molar-refractivity contribution >= 4 is 11.9 Å². The summed E-state index contributed by atoms with van der Waals surface area (Å²) in [6, 6.07) is 0.168. The number of urea groups is 1. The Hall–Kier alpha value is -1.30. The van der Waals surface area contributed by atoms with E-state index in [4.69, 9.17) is 4.74 Å². The largest absolute Gasteiger partial charge is 0.383 e.